The van der Waals surface area contributed by atoms with Crippen molar-refractivity contribution < 1.29 is 4.79 Å². The molecule has 1 amide bonds. The summed E-state index contributed by atoms with van der Waals surface area (Å²) in [5.74, 6) is 1.02. The topological polar surface area (TPSA) is 65.8 Å². The summed E-state index contributed by atoms with van der Waals surface area (Å²) in [6.07, 6.45) is 5.02. The molecule has 1 N–H and O–H groups in total. The van der Waals surface area contributed by atoms with Crippen molar-refractivity contribution in [2.75, 3.05) is 6.54 Å². The van der Waals surface area contributed by atoms with Crippen molar-refractivity contribution in [3.05, 3.63) is 15.6 Å². The number of nitrogens with zero attached hydrogens (tertiary/aromatic N) is 2. The summed E-state index contributed by atoms with van der Waals surface area (Å²) in [6, 6.07) is 1.93. The largest absolute Gasteiger partial charge is 0.344 e. The third kappa shape index (κ3) is 2.59. The number of thiazole rings is 1. The number of amides is 1. The second kappa shape index (κ2) is 5.29. The van der Waals surface area contributed by atoms with Crippen LogP contribution in [0.3, 0.4) is 0 Å². The first-order valence-electron chi connectivity index (χ1n) is 4.65. The van der Waals surface area contributed by atoms with Gasteiger partial charge in [-0.1, -0.05) is 5.92 Å². The fourth-order valence-electron chi connectivity index (χ4n) is 1.09. The summed E-state index contributed by atoms with van der Waals surface area (Å²) in [7, 11) is 0. The van der Waals surface area contributed by atoms with Crippen LogP contribution in [0, 0.1) is 37.5 Å². The summed E-state index contributed by atoms with van der Waals surface area (Å²) in [5.41, 5.74) is 0.852. The Hall–Kier alpha value is -1.85. The van der Waals surface area contributed by atoms with Crippen LogP contribution in [0.25, 0.3) is 0 Å². The molecular formula is C11H11N3OS. The molecule has 0 aliphatic rings. The molecule has 0 fully saturated rings. The Kier molecular flexibility index (Phi) is 4.04. The Morgan fingerprint density at radius 3 is 2.81 bits per heavy atom. The molecule has 1 rings (SSSR count). The Morgan fingerprint density at radius 1 is 1.69 bits per heavy atom. The van der Waals surface area contributed by atoms with Crippen molar-refractivity contribution >= 4 is 17.2 Å². The molecule has 0 aliphatic carbocycles. The van der Waals surface area contributed by atoms with Gasteiger partial charge in [-0.3, -0.25) is 4.79 Å². The Balaban J connectivity index is 2.88. The van der Waals surface area contributed by atoms with Crippen LogP contribution in [0.2, 0.25) is 0 Å². The highest BCUT2D eigenvalue weighted by atomic mass is 32.1. The number of hydrogen-bond acceptors (Lipinski definition) is 4. The van der Waals surface area contributed by atoms with Gasteiger partial charge in [-0.05, 0) is 13.8 Å². The second-order valence-corrected chi connectivity index (χ2v) is 4.41. The van der Waals surface area contributed by atoms with Crippen molar-refractivity contribution in [2.24, 2.45) is 0 Å². The van der Waals surface area contributed by atoms with Gasteiger partial charge in [-0.15, -0.1) is 17.8 Å². The number of nitrogens with one attached hydrogen (secondary N) is 1. The van der Waals surface area contributed by atoms with Crippen molar-refractivity contribution in [1.29, 1.82) is 5.26 Å². The lowest BCUT2D eigenvalue weighted by Crippen LogP contribution is -2.28. The molecule has 0 aromatic carbocycles. The zero-order valence-corrected chi connectivity index (χ0v) is 9.89. The van der Waals surface area contributed by atoms with E-state index in [0.29, 0.717) is 5.01 Å². The zero-order valence-electron chi connectivity index (χ0n) is 9.07. The van der Waals surface area contributed by atoms with Gasteiger partial charge in [0.2, 0.25) is 5.91 Å². The number of nitriles is 1. The number of terminal acetylenes is 1. The van der Waals surface area contributed by atoms with E-state index in [1.807, 2.05) is 19.9 Å². The molecule has 0 saturated heterocycles. The normalized spacial score (nSPS) is 11.2. The minimum atomic E-state index is -0.870. The first-order valence-corrected chi connectivity index (χ1v) is 5.46. The SMILES string of the molecule is C#CCNC(=O)C(C#N)c1nc(C)c(C)s1. The molecule has 0 spiro atoms. The van der Waals surface area contributed by atoms with Crippen LogP contribution in [-0.4, -0.2) is 17.4 Å². The van der Waals surface area contributed by atoms with Gasteiger partial charge in [0.05, 0.1) is 18.3 Å². The molecular weight excluding hydrogens is 222 g/mol. The van der Waals surface area contributed by atoms with Crippen molar-refractivity contribution in [3.8, 4) is 18.4 Å². The molecule has 0 bridgehead atoms. The highest BCUT2D eigenvalue weighted by Gasteiger charge is 2.23. The third-order valence-electron chi connectivity index (χ3n) is 2.05. The highest BCUT2D eigenvalue weighted by molar-refractivity contribution is 7.11. The second-order valence-electron chi connectivity index (χ2n) is 3.18. The molecule has 82 valence electrons. The Labute approximate surface area is 98.3 Å². The van der Waals surface area contributed by atoms with Crippen LogP contribution >= 0.6 is 11.3 Å². The van der Waals surface area contributed by atoms with Gasteiger partial charge < -0.3 is 5.32 Å². The molecule has 0 saturated carbocycles. The fourth-order valence-corrected chi connectivity index (χ4v) is 2.05. The van der Waals surface area contributed by atoms with E-state index < -0.39 is 11.8 Å². The number of carbonyl (C=O) groups is 1. The molecule has 0 radical (unpaired) electrons. The van der Waals surface area contributed by atoms with Crippen LogP contribution in [0.4, 0.5) is 0 Å². The minimum Gasteiger partial charge on any atom is -0.344 e. The van der Waals surface area contributed by atoms with E-state index in [-0.39, 0.29) is 6.54 Å². The molecule has 1 heterocycles. The van der Waals surface area contributed by atoms with Crippen molar-refractivity contribution in [1.82, 2.24) is 10.3 Å². The molecule has 1 aromatic rings. The van der Waals surface area contributed by atoms with Crippen LogP contribution in [0.1, 0.15) is 21.5 Å². The van der Waals surface area contributed by atoms with Gasteiger partial charge in [0.15, 0.2) is 5.92 Å². The van der Waals surface area contributed by atoms with Gasteiger partial charge in [-0.25, -0.2) is 4.98 Å². The number of rotatable bonds is 3. The standard InChI is InChI=1S/C11H11N3OS/c1-4-5-13-10(15)9(6-12)11-14-7(2)8(3)16-11/h1,9H,5H2,2-3H3,(H,13,15). The van der Waals surface area contributed by atoms with Crippen LogP contribution in [-0.2, 0) is 4.79 Å². The lowest BCUT2D eigenvalue weighted by atomic mass is 10.1. The maximum absolute atomic E-state index is 11.6. The lowest BCUT2D eigenvalue weighted by molar-refractivity contribution is -0.121. The van der Waals surface area contributed by atoms with E-state index in [0.717, 1.165) is 10.6 Å². The minimum absolute atomic E-state index is 0.125. The first kappa shape index (κ1) is 12.2. The van der Waals surface area contributed by atoms with E-state index in [4.69, 9.17) is 11.7 Å². The smallest absolute Gasteiger partial charge is 0.245 e. The van der Waals surface area contributed by atoms with E-state index in [9.17, 15) is 4.79 Å². The predicted octanol–water partition coefficient (Wildman–Crippen LogP) is 1.12. The summed E-state index contributed by atoms with van der Waals surface area (Å²) >= 11 is 1.36. The fraction of sp³-hybridized carbons (Fsp3) is 0.364. The number of aromatic nitrogens is 1. The first-order chi connectivity index (χ1) is 7.60. The van der Waals surface area contributed by atoms with Gasteiger partial charge in [0.25, 0.3) is 0 Å². The van der Waals surface area contributed by atoms with Gasteiger partial charge in [0, 0.05) is 4.88 Å². The van der Waals surface area contributed by atoms with Crippen LogP contribution in [0.5, 0.6) is 0 Å². The molecule has 1 atom stereocenters. The van der Waals surface area contributed by atoms with E-state index in [1.165, 1.54) is 11.3 Å². The lowest BCUT2D eigenvalue weighted by Gasteiger charge is -2.04. The van der Waals surface area contributed by atoms with Crippen LogP contribution in [0.15, 0.2) is 0 Å². The van der Waals surface area contributed by atoms with E-state index >= 15 is 0 Å². The zero-order chi connectivity index (χ0) is 12.1. The summed E-state index contributed by atoms with van der Waals surface area (Å²) in [6.45, 7) is 3.88. The maximum atomic E-state index is 11.6. The monoisotopic (exact) mass is 233 g/mol. The Morgan fingerprint density at radius 2 is 2.38 bits per heavy atom. The number of hydrogen-bond donors (Lipinski definition) is 1. The van der Waals surface area contributed by atoms with Gasteiger partial charge in [-0.2, -0.15) is 5.26 Å². The molecule has 16 heavy (non-hydrogen) atoms. The number of carbonyl (C=O) groups excluding carboxylic acids is 1. The molecule has 0 aliphatic heterocycles. The predicted molar refractivity (Wildman–Crippen MR) is 61.8 cm³/mol. The average molecular weight is 233 g/mol. The molecule has 5 heteroatoms. The van der Waals surface area contributed by atoms with Crippen molar-refractivity contribution in [2.45, 2.75) is 19.8 Å². The third-order valence-corrected chi connectivity index (χ3v) is 3.19. The molecule has 4 nitrogen and oxygen atoms in total. The maximum Gasteiger partial charge on any atom is 0.245 e. The molecule has 1 aromatic heterocycles. The quantitative estimate of drug-likeness (QED) is 0.795. The molecule has 1 unspecified atom stereocenters. The van der Waals surface area contributed by atoms with Crippen LogP contribution < -0.4 is 5.32 Å². The number of aryl methyl sites for hydroxylation is 2. The highest BCUT2D eigenvalue weighted by Crippen LogP contribution is 2.24. The van der Waals surface area contributed by atoms with Crippen molar-refractivity contribution in [3.63, 3.8) is 0 Å². The average Bonchev–Trinajstić information content (AvgIpc) is 2.57. The van der Waals surface area contributed by atoms with E-state index in [1.54, 1.807) is 0 Å². The van der Waals surface area contributed by atoms with Gasteiger partial charge in [0.1, 0.15) is 5.01 Å². The Bertz CT molecular complexity index is 459. The summed E-state index contributed by atoms with van der Waals surface area (Å²) in [4.78, 5) is 16.8. The van der Waals surface area contributed by atoms with E-state index in [2.05, 4.69) is 16.2 Å². The van der Waals surface area contributed by atoms with Gasteiger partial charge >= 0.3 is 0 Å². The summed E-state index contributed by atoms with van der Waals surface area (Å²) in [5, 5.41) is 12.0. The summed E-state index contributed by atoms with van der Waals surface area (Å²) < 4.78 is 0.